The Hall–Kier alpha value is -2.91. The summed E-state index contributed by atoms with van der Waals surface area (Å²) in [5.41, 5.74) is 5.58. The number of anilines is 1. The van der Waals surface area contributed by atoms with Crippen LogP contribution in [0.3, 0.4) is 0 Å². The summed E-state index contributed by atoms with van der Waals surface area (Å²) in [5.74, 6) is -2.49. The zero-order chi connectivity index (χ0) is 21.1. The van der Waals surface area contributed by atoms with Crippen LogP contribution in [0.25, 0.3) is 0 Å². The Balaban J connectivity index is 1.96. The standard InChI is InChI=1S/C19H22ClN5O4/c1-24-8-6-11(7-9-24)16(17(21)26)25-15(10-14(23-25)19(28)29)22-18(27)12-4-2-3-5-13(12)20/h2-5,10-11,16H,6-9H2,1H3,(H2,21,26)(H,22,27)(H,28,29). The van der Waals surface area contributed by atoms with E-state index < -0.39 is 23.8 Å². The smallest absolute Gasteiger partial charge is 0.356 e. The molecule has 9 nitrogen and oxygen atoms in total. The summed E-state index contributed by atoms with van der Waals surface area (Å²) in [6.45, 7) is 1.56. The number of hydrogen-bond acceptors (Lipinski definition) is 5. The number of aromatic carboxylic acids is 1. The van der Waals surface area contributed by atoms with Crippen molar-refractivity contribution in [3.63, 3.8) is 0 Å². The lowest BCUT2D eigenvalue weighted by atomic mass is 9.89. The van der Waals surface area contributed by atoms with Gasteiger partial charge in [0.15, 0.2) is 5.69 Å². The van der Waals surface area contributed by atoms with E-state index in [1.165, 1.54) is 10.7 Å². The van der Waals surface area contributed by atoms with Crippen LogP contribution < -0.4 is 11.1 Å². The van der Waals surface area contributed by atoms with Gasteiger partial charge in [-0.15, -0.1) is 0 Å². The third-order valence-corrected chi connectivity index (χ3v) is 5.41. The maximum atomic E-state index is 12.7. The summed E-state index contributed by atoms with van der Waals surface area (Å²) >= 11 is 6.07. The number of carboxylic acid groups (broad SMARTS) is 1. The number of aromatic nitrogens is 2. The van der Waals surface area contributed by atoms with Crippen LogP contribution in [0.5, 0.6) is 0 Å². The van der Waals surface area contributed by atoms with E-state index in [-0.39, 0.29) is 28.0 Å². The molecule has 0 spiro atoms. The van der Waals surface area contributed by atoms with Gasteiger partial charge >= 0.3 is 5.97 Å². The molecule has 2 aromatic rings. The zero-order valence-corrected chi connectivity index (χ0v) is 16.6. The van der Waals surface area contributed by atoms with E-state index in [9.17, 15) is 19.5 Å². The lowest BCUT2D eigenvalue weighted by molar-refractivity contribution is -0.123. The minimum atomic E-state index is -1.27. The molecule has 1 unspecified atom stereocenters. The molecule has 0 radical (unpaired) electrons. The van der Waals surface area contributed by atoms with E-state index in [2.05, 4.69) is 15.3 Å². The number of carbonyl (C=O) groups excluding carboxylic acids is 2. The first-order chi connectivity index (χ1) is 13.8. The summed E-state index contributed by atoms with van der Waals surface area (Å²) < 4.78 is 1.22. The van der Waals surface area contributed by atoms with Gasteiger partial charge in [-0.1, -0.05) is 23.7 Å². The molecule has 1 aromatic carbocycles. The van der Waals surface area contributed by atoms with Crippen molar-refractivity contribution in [2.45, 2.75) is 18.9 Å². The molecule has 2 heterocycles. The Morgan fingerprint density at radius 2 is 1.93 bits per heavy atom. The van der Waals surface area contributed by atoms with Gasteiger partial charge < -0.3 is 21.1 Å². The van der Waals surface area contributed by atoms with Crippen LogP contribution in [-0.4, -0.2) is 57.7 Å². The van der Waals surface area contributed by atoms with Crippen LogP contribution in [0.2, 0.25) is 5.02 Å². The summed E-state index contributed by atoms with van der Waals surface area (Å²) in [6, 6.07) is 6.79. The number of nitrogens with two attached hydrogens (primary N) is 1. The number of hydrogen-bond donors (Lipinski definition) is 3. The second kappa shape index (κ2) is 8.62. The molecule has 1 aromatic heterocycles. The number of likely N-dealkylation sites (tertiary alicyclic amines) is 1. The van der Waals surface area contributed by atoms with Crippen LogP contribution in [-0.2, 0) is 4.79 Å². The summed E-state index contributed by atoms with van der Waals surface area (Å²) in [7, 11) is 1.99. The SMILES string of the molecule is CN1CCC(C(C(N)=O)n2nc(C(=O)O)cc2NC(=O)c2ccccc2Cl)CC1. The second-order valence-electron chi connectivity index (χ2n) is 7.09. The number of carboxylic acids is 1. The van der Waals surface area contributed by atoms with E-state index in [1.807, 2.05) is 7.05 Å². The van der Waals surface area contributed by atoms with Gasteiger partial charge in [-0.25, -0.2) is 9.48 Å². The predicted octanol–water partition coefficient (Wildman–Crippen LogP) is 1.86. The molecule has 29 heavy (non-hydrogen) atoms. The number of rotatable bonds is 6. The molecule has 1 atom stereocenters. The molecule has 3 rings (SSSR count). The van der Waals surface area contributed by atoms with E-state index in [0.717, 1.165) is 13.1 Å². The minimum Gasteiger partial charge on any atom is -0.476 e. The van der Waals surface area contributed by atoms with Crippen LogP contribution in [0, 0.1) is 5.92 Å². The molecule has 4 N–H and O–H groups in total. The molecular formula is C19H22ClN5O4. The number of nitrogens with zero attached hydrogens (tertiary/aromatic N) is 3. The number of benzene rings is 1. The van der Waals surface area contributed by atoms with E-state index in [1.54, 1.807) is 24.3 Å². The van der Waals surface area contributed by atoms with Gasteiger partial charge in [0, 0.05) is 6.07 Å². The predicted molar refractivity (Wildman–Crippen MR) is 107 cm³/mol. The first-order valence-electron chi connectivity index (χ1n) is 9.14. The van der Waals surface area contributed by atoms with E-state index >= 15 is 0 Å². The third kappa shape index (κ3) is 4.57. The molecule has 1 fully saturated rings. The third-order valence-electron chi connectivity index (χ3n) is 5.08. The lowest BCUT2D eigenvalue weighted by Crippen LogP contribution is -2.40. The molecule has 0 aliphatic carbocycles. The maximum absolute atomic E-state index is 12.7. The Morgan fingerprint density at radius 1 is 1.28 bits per heavy atom. The summed E-state index contributed by atoms with van der Waals surface area (Å²) in [5, 5.41) is 16.3. The quantitative estimate of drug-likeness (QED) is 0.655. The second-order valence-corrected chi connectivity index (χ2v) is 7.49. The molecule has 154 valence electrons. The van der Waals surface area contributed by atoms with E-state index in [0.29, 0.717) is 12.8 Å². The van der Waals surface area contributed by atoms with Gasteiger partial charge in [0.25, 0.3) is 5.91 Å². The average molecular weight is 420 g/mol. The van der Waals surface area contributed by atoms with Crippen molar-refractivity contribution in [3.05, 3.63) is 46.6 Å². The zero-order valence-electron chi connectivity index (χ0n) is 15.8. The first kappa shape index (κ1) is 20.8. The van der Waals surface area contributed by atoms with Crippen molar-refractivity contribution >= 4 is 35.2 Å². The molecule has 10 heteroatoms. The van der Waals surface area contributed by atoms with Crippen molar-refractivity contribution in [2.75, 3.05) is 25.5 Å². The topological polar surface area (TPSA) is 131 Å². The highest BCUT2D eigenvalue weighted by atomic mass is 35.5. The molecule has 0 saturated carbocycles. The molecule has 0 bridgehead atoms. The van der Waals surface area contributed by atoms with Crippen LogP contribution in [0.4, 0.5) is 5.82 Å². The molecule has 1 saturated heterocycles. The van der Waals surface area contributed by atoms with Gasteiger partial charge in [-0.3, -0.25) is 9.59 Å². The maximum Gasteiger partial charge on any atom is 0.356 e. The highest BCUT2D eigenvalue weighted by molar-refractivity contribution is 6.34. The Kier molecular flexibility index (Phi) is 6.19. The lowest BCUT2D eigenvalue weighted by Gasteiger charge is -2.33. The number of piperidine rings is 1. The average Bonchev–Trinajstić information content (AvgIpc) is 3.07. The van der Waals surface area contributed by atoms with Gasteiger partial charge in [0.05, 0.1) is 10.6 Å². The molecular weight excluding hydrogens is 398 g/mol. The fourth-order valence-corrected chi connectivity index (χ4v) is 3.75. The number of halogens is 1. The normalized spacial score (nSPS) is 16.3. The minimum absolute atomic E-state index is 0.0787. The van der Waals surface area contributed by atoms with Crippen molar-refractivity contribution in [1.82, 2.24) is 14.7 Å². The van der Waals surface area contributed by atoms with Crippen LogP contribution in [0.15, 0.2) is 30.3 Å². The van der Waals surface area contributed by atoms with E-state index in [4.69, 9.17) is 17.3 Å². The van der Waals surface area contributed by atoms with Gasteiger partial charge in [0.1, 0.15) is 11.9 Å². The van der Waals surface area contributed by atoms with Crippen molar-refractivity contribution in [3.8, 4) is 0 Å². The summed E-state index contributed by atoms with van der Waals surface area (Å²) in [4.78, 5) is 38.6. The fraction of sp³-hybridized carbons (Fsp3) is 0.368. The number of carbonyl (C=O) groups is 3. The molecule has 2 amide bonds. The highest BCUT2D eigenvalue weighted by Gasteiger charge is 2.34. The van der Waals surface area contributed by atoms with Crippen molar-refractivity contribution in [2.24, 2.45) is 11.7 Å². The highest BCUT2D eigenvalue weighted by Crippen LogP contribution is 2.31. The largest absolute Gasteiger partial charge is 0.476 e. The van der Waals surface area contributed by atoms with Crippen LogP contribution >= 0.6 is 11.6 Å². The van der Waals surface area contributed by atoms with Crippen LogP contribution in [0.1, 0.15) is 39.7 Å². The van der Waals surface area contributed by atoms with Gasteiger partial charge in [-0.2, -0.15) is 5.10 Å². The van der Waals surface area contributed by atoms with Gasteiger partial charge in [0.2, 0.25) is 5.91 Å². The Bertz CT molecular complexity index is 936. The Morgan fingerprint density at radius 3 is 2.52 bits per heavy atom. The monoisotopic (exact) mass is 419 g/mol. The molecule has 1 aliphatic rings. The molecule has 1 aliphatic heterocycles. The number of nitrogens with one attached hydrogen (secondary N) is 1. The van der Waals surface area contributed by atoms with Crippen molar-refractivity contribution in [1.29, 1.82) is 0 Å². The van der Waals surface area contributed by atoms with Gasteiger partial charge in [-0.05, 0) is 51.0 Å². The summed E-state index contributed by atoms with van der Waals surface area (Å²) in [6.07, 6.45) is 1.40. The first-order valence-corrected chi connectivity index (χ1v) is 9.52. The number of primary amides is 1. The fourth-order valence-electron chi connectivity index (χ4n) is 3.53. The Labute approximate surface area is 172 Å². The number of amides is 2. The van der Waals surface area contributed by atoms with Crippen molar-refractivity contribution < 1.29 is 19.5 Å².